The average Bonchev–Trinajstić information content (AvgIpc) is 2.28. The summed E-state index contributed by atoms with van der Waals surface area (Å²) >= 11 is 1.42. The second-order valence-corrected chi connectivity index (χ2v) is 8.48. The Bertz CT molecular complexity index is 529. The first-order valence-corrected chi connectivity index (χ1v) is 9.67. The molecular weight excluding hydrogens is 293 g/mol. The molecule has 18 heavy (non-hydrogen) atoms. The first-order chi connectivity index (χ1) is 8.30. The highest BCUT2D eigenvalue weighted by Gasteiger charge is 2.34. The summed E-state index contributed by atoms with van der Waals surface area (Å²) in [5, 5.41) is 0. The van der Waals surface area contributed by atoms with E-state index >= 15 is 0 Å². The van der Waals surface area contributed by atoms with Gasteiger partial charge in [0.1, 0.15) is 0 Å². The van der Waals surface area contributed by atoms with Gasteiger partial charge < -0.3 is 0 Å². The van der Waals surface area contributed by atoms with Crippen LogP contribution in [0.1, 0.15) is 0 Å². The average molecular weight is 309 g/mol. The summed E-state index contributed by atoms with van der Waals surface area (Å²) in [4.78, 5) is 0.0298. The van der Waals surface area contributed by atoms with Gasteiger partial charge in [-0.15, -0.1) is 4.08 Å². The molecule has 1 aromatic carbocycles. The molecule has 1 rings (SSSR count). The van der Waals surface area contributed by atoms with E-state index in [1.807, 2.05) is 6.26 Å². The molecule has 0 unspecified atom stereocenters. The fraction of sp³-hybridized carbons (Fsp3) is 0.333. The molecule has 0 bridgehead atoms. The van der Waals surface area contributed by atoms with E-state index in [0.717, 1.165) is 0 Å². The lowest BCUT2D eigenvalue weighted by Gasteiger charge is -2.24. The van der Waals surface area contributed by atoms with Crippen molar-refractivity contribution in [3.05, 3.63) is 30.3 Å². The van der Waals surface area contributed by atoms with Crippen LogP contribution in [0.5, 0.6) is 0 Å². The molecule has 0 saturated heterocycles. The molecule has 0 radical (unpaired) electrons. The number of nitrogens with zero attached hydrogens (tertiary/aromatic N) is 1. The second-order valence-electron chi connectivity index (χ2n) is 3.53. The summed E-state index contributed by atoms with van der Waals surface area (Å²) in [5.74, 6) is 0.463. The molecule has 0 amide bonds. The topological polar surface area (TPSA) is 106 Å². The van der Waals surface area contributed by atoms with E-state index in [1.54, 1.807) is 18.2 Å². The number of nitrogens with two attached hydrogens (primary N) is 2. The van der Waals surface area contributed by atoms with Crippen LogP contribution in [0.25, 0.3) is 0 Å². The Balaban J connectivity index is 3.17. The van der Waals surface area contributed by atoms with E-state index in [2.05, 4.69) is 0 Å². The van der Waals surface area contributed by atoms with Crippen LogP contribution in [0.4, 0.5) is 0 Å². The van der Waals surface area contributed by atoms with Crippen LogP contribution >= 0.6 is 19.4 Å². The lowest BCUT2D eigenvalue weighted by Crippen LogP contribution is -2.36. The Hall–Kier alpha value is -0.370. The maximum Gasteiger partial charge on any atom is 0.290 e. The van der Waals surface area contributed by atoms with Crippen LogP contribution in [0.15, 0.2) is 35.2 Å². The Morgan fingerprint density at radius 3 is 2.28 bits per heavy atom. The van der Waals surface area contributed by atoms with Gasteiger partial charge in [-0.1, -0.05) is 18.2 Å². The van der Waals surface area contributed by atoms with E-state index < -0.39 is 17.6 Å². The Morgan fingerprint density at radius 1 is 1.28 bits per heavy atom. The molecular formula is C9H16N3O3PS2. The molecule has 102 valence electrons. The molecule has 0 aliphatic carbocycles. The monoisotopic (exact) mass is 309 g/mol. The maximum atomic E-state index is 12.3. The number of rotatable bonds is 6. The zero-order chi connectivity index (χ0) is 13.8. The molecule has 0 aromatic heterocycles. The van der Waals surface area contributed by atoms with Gasteiger partial charge in [0.25, 0.3) is 17.6 Å². The largest absolute Gasteiger partial charge is 0.290 e. The minimum atomic E-state index is -3.92. The summed E-state index contributed by atoms with van der Waals surface area (Å²) in [6.07, 6.45) is 1.81. The van der Waals surface area contributed by atoms with Crippen molar-refractivity contribution in [2.75, 3.05) is 18.6 Å². The Labute approximate surface area is 111 Å². The van der Waals surface area contributed by atoms with Gasteiger partial charge in [-0.05, 0) is 18.4 Å². The first kappa shape index (κ1) is 15.7. The molecule has 0 spiro atoms. The lowest BCUT2D eigenvalue weighted by molar-refractivity contribution is 0.505. The summed E-state index contributed by atoms with van der Waals surface area (Å²) in [5.41, 5.74) is 10.6. The van der Waals surface area contributed by atoms with Crippen LogP contribution in [0.3, 0.4) is 0 Å². The summed E-state index contributed by atoms with van der Waals surface area (Å²) in [6, 6.07) is 7.68. The SMILES string of the molecule is CSCCN(P(N)(N)=O)S(=O)(=O)c1ccccc1. The van der Waals surface area contributed by atoms with Crippen LogP contribution in [0.2, 0.25) is 0 Å². The zero-order valence-electron chi connectivity index (χ0n) is 9.89. The second kappa shape index (κ2) is 6.18. The van der Waals surface area contributed by atoms with E-state index in [1.165, 1.54) is 23.9 Å². The van der Waals surface area contributed by atoms with Gasteiger partial charge >= 0.3 is 0 Å². The third-order valence-corrected chi connectivity index (χ3v) is 6.66. The van der Waals surface area contributed by atoms with Gasteiger partial charge in [-0.2, -0.15) is 11.8 Å². The molecule has 4 N–H and O–H groups in total. The van der Waals surface area contributed by atoms with Gasteiger partial charge in [0, 0.05) is 12.3 Å². The van der Waals surface area contributed by atoms with Crippen molar-refractivity contribution in [2.45, 2.75) is 4.90 Å². The number of sulfonamides is 1. The highest BCUT2D eigenvalue weighted by atomic mass is 32.2. The van der Waals surface area contributed by atoms with Gasteiger partial charge in [-0.3, -0.25) is 15.6 Å². The van der Waals surface area contributed by atoms with Crippen molar-refractivity contribution in [3.8, 4) is 0 Å². The highest BCUT2D eigenvalue weighted by molar-refractivity contribution is 7.98. The Morgan fingerprint density at radius 2 is 1.83 bits per heavy atom. The minimum absolute atomic E-state index is 0.0165. The summed E-state index contributed by atoms with van der Waals surface area (Å²) < 4.78 is 37.0. The van der Waals surface area contributed by atoms with E-state index in [-0.39, 0.29) is 11.4 Å². The zero-order valence-corrected chi connectivity index (χ0v) is 12.4. The molecule has 1 aromatic rings. The standard InChI is InChI=1S/C9H16N3O3PS2/c1-17-8-7-12(16(10,11)13)18(14,15)9-5-3-2-4-6-9/h2-6H,7-8H2,1H3,(H4,10,11,13). The number of benzene rings is 1. The quantitative estimate of drug-likeness (QED) is 0.761. The predicted octanol–water partition coefficient (Wildman–Crippen LogP) is 1.07. The molecule has 0 saturated carbocycles. The third kappa shape index (κ3) is 3.81. The molecule has 0 aliphatic heterocycles. The third-order valence-electron chi connectivity index (χ3n) is 2.15. The number of thioether (sulfide) groups is 1. The maximum absolute atomic E-state index is 12.3. The fourth-order valence-corrected chi connectivity index (χ4v) is 5.06. The highest BCUT2D eigenvalue weighted by Crippen LogP contribution is 2.37. The first-order valence-electron chi connectivity index (χ1n) is 5.04. The summed E-state index contributed by atoms with van der Waals surface area (Å²) in [7, 11) is -7.78. The van der Waals surface area contributed by atoms with Gasteiger partial charge in [-0.25, -0.2) is 8.42 Å². The summed E-state index contributed by atoms with van der Waals surface area (Å²) in [6.45, 7) is 0.0165. The number of hydrogen-bond acceptors (Lipinski definition) is 4. The van der Waals surface area contributed by atoms with Crippen LogP contribution in [-0.4, -0.2) is 31.0 Å². The Kier molecular flexibility index (Phi) is 5.39. The van der Waals surface area contributed by atoms with Gasteiger partial charge in [0.2, 0.25) is 0 Å². The molecule has 6 nitrogen and oxygen atoms in total. The van der Waals surface area contributed by atoms with Crippen LogP contribution in [-0.2, 0) is 14.6 Å². The van der Waals surface area contributed by atoms with Crippen molar-refractivity contribution in [3.63, 3.8) is 0 Å². The molecule has 0 fully saturated rings. The van der Waals surface area contributed by atoms with E-state index in [0.29, 0.717) is 9.83 Å². The molecule has 0 heterocycles. The molecule has 0 aliphatic rings. The molecule has 9 heteroatoms. The predicted molar refractivity (Wildman–Crippen MR) is 74.7 cm³/mol. The lowest BCUT2D eigenvalue weighted by atomic mass is 10.4. The van der Waals surface area contributed by atoms with E-state index in [4.69, 9.17) is 11.0 Å². The van der Waals surface area contributed by atoms with Crippen molar-refractivity contribution >= 4 is 29.4 Å². The van der Waals surface area contributed by atoms with Gasteiger partial charge in [0.05, 0.1) is 4.90 Å². The van der Waals surface area contributed by atoms with Crippen molar-refractivity contribution in [2.24, 2.45) is 11.0 Å². The van der Waals surface area contributed by atoms with Crippen molar-refractivity contribution < 1.29 is 13.0 Å². The minimum Gasteiger partial charge on any atom is -0.270 e. The van der Waals surface area contributed by atoms with Crippen LogP contribution in [0, 0.1) is 0 Å². The van der Waals surface area contributed by atoms with Crippen molar-refractivity contribution in [1.82, 2.24) is 4.08 Å². The number of hydrogen-bond donors (Lipinski definition) is 2. The van der Waals surface area contributed by atoms with E-state index in [9.17, 15) is 13.0 Å². The smallest absolute Gasteiger partial charge is 0.270 e. The van der Waals surface area contributed by atoms with Crippen LogP contribution < -0.4 is 11.0 Å². The normalized spacial score (nSPS) is 12.9. The molecule has 0 atom stereocenters. The van der Waals surface area contributed by atoms with Gasteiger partial charge in [0.15, 0.2) is 0 Å². The van der Waals surface area contributed by atoms with Crippen molar-refractivity contribution in [1.29, 1.82) is 0 Å². The fourth-order valence-electron chi connectivity index (χ4n) is 1.33.